The molecular formula is C12H11N3. The minimum atomic E-state index is -0.0161. The summed E-state index contributed by atoms with van der Waals surface area (Å²) in [7, 11) is 0. The lowest BCUT2D eigenvalue weighted by molar-refractivity contribution is 1.02. The minimum Gasteiger partial charge on any atom is -0.370 e. The summed E-state index contributed by atoms with van der Waals surface area (Å²) in [6.07, 6.45) is 7.01. The lowest BCUT2D eigenvalue weighted by Crippen LogP contribution is -2.12. The largest absolute Gasteiger partial charge is 0.370 e. The van der Waals surface area contributed by atoms with E-state index in [9.17, 15) is 0 Å². The van der Waals surface area contributed by atoms with E-state index in [0.29, 0.717) is 0 Å². The van der Waals surface area contributed by atoms with Crippen LogP contribution in [-0.2, 0) is 0 Å². The summed E-state index contributed by atoms with van der Waals surface area (Å²) in [5.41, 5.74) is 1.79. The van der Waals surface area contributed by atoms with Crippen LogP contribution < -0.4 is 5.32 Å². The van der Waals surface area contributed by atoms with Crippen LogP contribution in [0.2, 0.25) is 0 Å². The predicted molar refractivity (Wildman–Crippen MR) is 61.5 cm³/mol. The van der Waals surface area contributed by atoms with Crippen molar-refractivity contribution in [2.24, 2.45) is 0 Å². The topological polar surface area (TPSA) is 37.8 Å². The Bertz CT molecular complexity index is 508. The Morgan fingerprint density at radius 3 is 3.00 bits per heavy atom. The van der Waals surface area contributed by atoms with Crippen molar-refractivity contribution in [3.8, 4) is 12.3 Å². The van der Waals surface area contributed by atoms with Gasteiger partial charge in [-0.25, -0.2) is 0 Å². The first-order chi connectivity index (χ1) is 7.31. The number of fused-ring (bicyclic) bond motifs is 1. The zero-order chi connectivity index (χ0) is 10.7. The SMILES string of the molecule is C#CC(C)Nc1cnnc2ccccc12. The second kappa shape index (κ2) is 3.97. The van der Waals surface area contributed by atoms with Crippen molar-refractivity contribution in [1.82, 2.24) is 10.2 Å². The maximum Gasteiger partial charge on any atom is 0.0950 e. The third kappa shape index (κ3) is 1.89. The van der Waals surface area contributed by atoms with E-state index in [-0.39, 0.29) is 6.04 Å². The molecule has 1 unspecified atom stereocenters. The molecular weight excluding hydrogens is 186 g/mol. The Hall–Kier alpha value is -2.08. The van der Waals surface area contributed by atoms with Crippen molar-refractivity contribution in [3.05, 3.63) is 30.5 Å². The van der Waals surface area contributed by atoms with Gasteiger partial charge in [-0.1, -0.05) is 24.1 Å². The third-order valence-corrected chi connectivity index (χ3v) is 2.17. The summed E-state index contributed by atoms with van der Waals surface area (Å²) in [4.78, 5) is 0. The molecule has 1 N–H and O–H groups in total. The van der Waals surface area contributed by atoms with Crippen LogP contribution in [0.1, 0.15) is 6.92 Å². The lowest BCUT2D eigenvalue weighted by atomic mass is 10.2. The van der Waals surface area contributed by atoms with Gasteiger partial charge in [-0.2, -0.15) is 10.2 Å². The van der Waals surface area contributed by atoms with Crippen molar-refractivity contribution in [2.45, 2.75) is 13.0 Å². The van der Waals surface area contributed by atoms with Gasteiger partial charge in [0, 0.05) is 5.39 Å². The van der Waals surface area contributed by atoms with E-state index < -0.39 is 0 Å². The van der Waals surface area contributed by atoms with Gasteiger partial charge in [-0.05, 0) is 13.0 Å². The first-order valence-electron chi connectivity index (χ1n) is 4.74. The highest BCUT2D eigenvalue weighted by atomic mass is 15.1. The van der Waals surface area contributed by atoms with E-state index >= 15 is 0 Å². The van der Waals surface area contributed by atoms with Gasteiger partial charge in [-0.15, -0.1) is 6.42 Å². The van der Waals surface area contributed by atoms with Crippen LogP contribution in [0.5, 0.6) is 0 Å². The quantitative estimate of drug-likeness (QED) is 0.749. The van der Waals surface area contributed by atoms with Crippen molar-refractivity contribution < 1.29 is 0 Å². The van der Waals surface area contributed by atoms with Crippen molar-refractivity contribution >= 4 is 16.6 Å². The first kappa shape index (κ1) is 9.47. The number of anilines is 1. The summed E-state index contributed by atoms with van der Waals surface area (Å²) in [5.74, 6) is 2.62. The fourth-order valence-electron chi connectivity index (χ4n) is 1.40. The molecule has 3 nitrogen and oxygen atoms in total. The third-order valence-electron chi connectivity index (χ3n) is 2.17. The second-order valence-corrected chi connectivity index (χ2v) is 3.31. The highest BCUT2D eigenvalue weighted by Gasteiger charge is 2.03. The zero-order valence-electron chi connectivity index (χ0n) is 8.44. The standard InChI is InChI=1S/C12H11N3/c1-3-9(2)14-12-8-13-15-11-7-5-4-6-10(11)12/h1,4-9H,2H3,(H,14,15). The molecule has 0 aliphatic carbocycles. The molecule has 1 aromatic carbocycles. The Kier molecular flexibility index (Phi) is 2.51. The molecule has 2 aromatic rings. The van der Waals surface area contributed by atoms with Gasteiger partial charge in [0.15, 0.2) is 0 Å². The van der Waals surface area contributed by atoms with Crippen molar-refractivity contribution in [3.63, 3.8) is 0 Å². The molecule has 1 atom stereocenters. The van der Waals surface area contributed by atoms with Crippen LogP contribution in [0.15, 0.2) is 30.5 Å². The molecule has 74 valence electrons. The van der Waals surface area contributed by atoms with Gasteiger partial charge in [0.2, 0.25) is 0 Å². The molecule has 0 bridgehead atoms. The van der Waals surface area contributed by atoms with E-state index in [0.717, 1.165) is 16.6 Å². The monoisotopic (exact) mass is 197 g/mol. The van der Waals surface area contributed by atoms with Crippen LogP contribution in [0.3, 0.4) is 0 Å². The molecule has 0 spiro atoms. The number of benzene rings is 1. The Balaban J connectivity index is 2.48. The number of aromatic nitrogens is 2. The Labute approximate surface area is 88.5 Å². The summed E-state index contributed by atoms with van der Waals surface area (Å²) in [6, 6.07) is 7.81. The summed E-state index contributed by atoms with van der Waals surface area (Å²) < 4.78 is 0. The number of hydrogen-bond acceptors (Lipinski definition) is 3. The Morgan fingerprint density at radius 1 is 1.40 bits per heavy atom. The van der Waals surface area contributed by atoms with Crippen LogP contribution >= 0.6 is 0 Å². The highest BCUT2D eigenvalue weighted by Crippen LogP contribution is 2.20. The van der Waals surface area contributed by atoms with Gasteiger partial charge in [0.05, 0.1) is 23.4 Å². The predicted octanol–water partition coefficient (Wildman–Crippen LogP) is 2.06. The van der Waals surface area contributed by atoms with E-state index in [2.05, 4.69) is 21.4 Å². The molecule has 1 aromatic heterocycles. The molecule has 0 aliphatic heterocycles. The maximum atomic E-state index is 5.32. The molecule has 0 aliphatic rings. The van der Waals surface area contributed by atoms with Gasteiger partial charge >= 0.3 is 0 Å². The maximum absolute atomic E-state index is 5.32. The van der Waals surface area contributed by atoms with Crippen molar-refractivity contribution in [1.29, 1.82) is 0 Å². The van der Waals surface area contributed by atoms with E-state index in [1.54, 1.807) is 6.20 Å². The molecule has 0 amide bonds. The van der Waals surface area contributed by atoms with Gasteiger partial charge in [0.25, 0.3) is 0 Å². The van der Waals surface area contributed by atoms with Crippen molar-refractivity contribution in [2.75, 3.05) is 5.32 Å². The first-order valence-corrected chi connectivity index (χ1v) is 4.74. The number of nitrogens with one attached hydrogen (secondary N) is 1. The lowest BCUT2D eigenvalue weighted by Gasteiger charge is -2.10. The fraction of sp³-hybridized carbons (Fsp3) is 0.167. The second-order valence-electron chi connectivity index (χ2n) is 3.31. The molecule has 15 heavy (non-hydrogen) atoms. The van der Waals surface area contributed by atoms with Crippen LogP contribution in [0.25, 0.3) is 10.9 Å². The molecule has 1 heterocycles. The molecule has 0 saturated carbocycles. The van der Waals surface area contributed by atoms with E-state index in [4.69, 9.17) is 6.42 Å². The Morgan fingerprint density at radius 2 is 2.20 bits per heavy atom. The van der Waals surface area contributed by atoms with Gasteiger partial charge in [-0.3, -0.25) is 0 Å². The van der Waals surface area contributed by atoms with Crippen LogP contribution in [0.4, 0.5) is 5.69 Å². The average Bonchev–Trinajstić information content (AvgIpc) is 2.29. The summed E-state index contributed by atoms with van der Waals surface area (Å²) in [6.45, 7) is 1.93. The highest BCUT2D eigenvalue weighted by molar-refractivity contribution is 5.90. The van der Waals surface area contributed by atoms with Crippen LogP contribution in [-0.4, -0.2) is 16.2 Å². The normalized spacial score (nSPS) is 12.0. The molecule has 0 radical (unpaired) electrons. The number of nitrogens with zero attached hydrogens (tertiary/aromatic N) is 2. The van der Waals surface area contributed by atoms with Gasteiger partial charge in [0.1, 0.15) is 0 Å². The number of terminal acetylenes is 1. The molecule has 0 saturated heterocycles. The number of rotatable bonds is 2. The molecule has 0 fully saturated rings. The fourth-order valence-corrected chi connectivity index (χ4v) is 1.40. The zero-order valence-corrected chi connectivity index (χ0v) is 8.44. The molecule has 3 heteroatoms. The smallest absolute Gasteiger partial charge is 0.0950 e. The summed E-state index contributed by atoms with van der Waals surface area (Å²) in [5, 5.41) is 12.2. The minimum absolute atomic E-state index is 0.0161. The summed E-state index contributed by atoms with van der Waals surface area (Å²) >= 11 is 0. The van der Waals surface area contributed by atoms with E-state index in [1.165, 1.54) is 0 Å². The van der Waals surface area contributed by atoms with Crippen LogP contribution in [0, 0.1) is 12.3 Å². The van der Waals surface area contributed by atoms with E-state index in [1.807, 2.05) is 31.2 Å². The molecule has 2 rings (SSSR count). The van der Waals surface area contributed by atoms with Gasteiger partial charge < -0.3 is 5.32 Å². The average molecular weight is 197 g/mol. The number of hydrogen-bond donors (Lipinski definition) is 1.